The Morgan fingerprint density at radius 2 is 2.11 bits per heavy atom. The Morgan fingerprint density at radius 1 is 1.50 bits per heavy atom. The van der Waals surface area contributed by atoms with Crippen molar-refractivity contribution in [1.82, 2.24) is 0 Å². The Hall–Kier alpha value is -1.55. The van der Waals surface area contributed by atoms with Crippen LogP contribution in [-0.4, -0.2) is 13.1 Å². The first-order valence-corrected chi connectivity index (χ1v) is 5.46. The van der Waals surface area contributed by atoms with Gasteiger partial charge in [0.25, 0.3) is 0 Å². The number of benzene rings is 1. The van der Waals surface area contributed by atoms with Crippen molar-refractivity contribution in [3.8, 4) is 6.07 Å². The molecule has 0 aliphatic carbocycles. The molecule has 0 aliphatic rings. The van der Waals surface area contributed by atoms with E-state index in [1.165, 1.54) is 0 Å². The summed E-state index contributed by atoms with van der Waals surface area (Å²) < 4.78 is 42.6. The maximum atomic E-state index is 12.8. The number of carbonyl (C=O) groups excluding carboxylic acids is 1. The second-order valence-electron chi connectivity index (χ2n) is 3.32. The SMILES string of the molecule is COC(=O)Cc1c(C(F)(F)F)ccc(C#N)c1Br. The third-order valence-electron chi connectivity index (χ3n) is 2.22. The number of hydrogen-bond donors (Lipinski definition) is 0. The van der Waals surface area contributed by atoms with Crippen LogP contribution < -0.4 is 0 Å². The summed E-state index contributed by atoms with van der Waals surface area (Å²) in [7, 11) is 1.08. The molecule has 0 heterocycles. The maximum Gasteiger partial charge on any atom is 0.416 e. The number of esters is 1. The van der Waals surface area contributed by atoms with Gasteiger partial charge in [-0.25, -0.2) is 0 Å². The van der Waals surface area contributed by atoms with Crippen LogP contribution in [0.15, 0.2) is 16.6 Å². The molecule has 96 valence electrons. The number of rotatable bonds is 2. The third-order valence-corrected chi connectivity index (χ3v) is 3.12. The van der Waals surface area contributed by atoms with Crippen molar-refractivity contribution in [2.45, 2.75) is 12.6 Å². The van der Waals surface area contributed by atoms with Gasteiger partial charge in [-0.15, -0.1) is 0 Å². The second-order valence-corrected chi connectivity index (χ2v) is 4.11. The summed E-state index contributed by atoms with van der Waals surface area (Å²) in [6, 6.07) is 3.57. The number of nitriles is 1. The van der Waals surface area contributed by atoms with Crippen molar-refractivity contribution in [3.63, 3.8) is 0 Å². The molecule has 0 aliphatic heterocycles. The van der Waals surface area contributed by atoms with E-state index in [1.807, 2.05) is 0 Å². The lowest BCUT2D eigenvalue weighted by Crippen LogP contribution is -2.14. The molecule has 0 fully saturated rings. The molecule has 1 rings (SSSR count). The largest absolute Gasteiger partial charge is 0.469 e. The lowest BCUT2D eigenvalue weighted by molar-refractivity contribution is -0.141. The molecule has 0 radical (unpaired) electrons. The van der Waals surface area contributed by atoms with E-state index in [2.05, 4.69) is 20.7 Å². The minimum atomic E-state index is -4.60. The number of ether oxygens (including phenoxy) is 1. The monoisotopic (exact) mass is 321 g/mol. The van der Waals surface area contributed by atoms with Crippen molar-refractivity contribution in [1.29, 1.82) is 5.26 Å². The van der Waals surface area contributed by atoms with Gasteiger partial charge in [0.05, 0.1) is 24.7 Å². The zero-order valence-corrected chi connectivity index (χ0v) is 10.7. The Bertz CT molecular complexity index is 520. The van der Waals surface area contributed by atoms with Crippen LogP contribution >= 0.6 is 15.9 Å². The highest BCUT2D eigenvalue weighted by Crippen LogP contribution is 2.36. The molecule has 18 heavy (non-hydrogen) atoms. The van der Waals surface area contributed by atoms with Gasteiger partial charge in [-0.3, -0.25) is 4.79 Å². The number of carbonyl (C=O) groups is 1. The standard InChI is InChI=1S/C11H7BrF3NO2/c1-18-9(17)4-7-8(11(13,14)15)3-2-6(5-16)10(7)12/h2-3H,4H2,1H3. The molecule has 0 atom stereocenters. The molecule has 1 aromatic rings. The molecule has 0 saturated heterocycles. The van der Waals surface area contributed by atoms with Crippen molar-refractivity contribution in [2.75, 3.05) is 7.11 Å². The summed E-state index contributed by atoms with van der Waals surface area (Å²) in [4.78, 5) is 11.1. The molecule has 0 aromatic heterocycles. The molecular formula is C11H7BrF3NO2. The average molecular weight is 322 g/mol. The molecule has 0 N–H and O–H groups in total. The molecule has 7 heteroatoms. The molecule has 0 unspecified atom stereocenters. The Balaban J connectivity index is 3.41. The van der Waals surface area contributed by atoms with Crippen LogP contribution in [0.5, 0.6) is 0 Å². The van der Waals surface area contributed by atoms with E-state index in [9.17, 15) is 18.0 Å². The van der Waals surface area contributed by atoms with E-state index in [0.717, 1.165) is 19.2 Å². The highest BCUT2D eigenvalue weighted by atomic mass is 79.9. The summed E-state index contributed by atoms with van der Waals surface area (Å²) in [6.45, 7) is 0. The van der Waals surface area contributed by atoms with Crippen LogP contribution in [0.1, 0.15) is 16.7 Å². The van der Waals surface area contributed by atoms with E-state index in [1.54, 1.807) is 6.07 Å². The number of hydrogen-bond acceptors (Lipinski definition) is 3. The van der Waals surface area contributed by atoms with E-state index in [0.29, 0.717) is 0 Å². The predicted molar refractivity (Wildman–Crippen MR) is 59.6 cm³/mol. The van der Waals surface area contributed by atoms with Gasteiger partial charge in [0.2, 0.25) is 0 Å². The average Bonchev–Trinajstić information content (AvgIpc) is 2.29. The number of nitrogens with zero attached hydrogens (tertiary/aromatic N) is 1. The smallest absolute Gasteiger partial charge is 0.416 e. The lowest BCUT2D eigenvalue weighted by atomic mass is 10.0. The third kappa shape index (κ3) is 3.01. The quantitative estimate of drug-likeness (QED) is 0.787. The fourth-order valence-electron chi connectivity index (χ4n) is 1.36. The minimum Gasteiger partial charge on any atom is -0.469 e. The molecule has 0 saturated carbocycles. The molecule has 3 nitrogen and oxygen atoms in total. The summed E-state index contributed by atoms with van der Waals surface area (Å²) in [5, 5.41) is 8.75. The van der Waals surface area contributed by atoms with Crippen molar-refractivity contribution < 1.29 is 22.7 Å². The van der Waals surface area contributed by atoms with Crippen molar-refractivity contribution >= 4 is 21.9 Å². The summed E-state index contributed by atoms with van der Waals surface area (Å²) >= 11 is 2.91. The minimum absolute atomic E-state index is 0.0295. The normalized spacial score (nSPS) is 10.9. The van der Waals surface area contributed by atoms with Gasteiger partial charge < -0.3 is 4.74 Å². The Morgan fingerprint density at radius 3 is 2.56 bits per heavy atom. The fraction of sp³-hybridized carbons (Fsp3) is 0.273. The number of methoxy groups -OCH3 is 1. The molecule has 1 aromatic carbocycles. The van der Waals surface area contributed by atoms with Gasteiger partial charge in [0, 0.05) is 4.47 Å². The lowest BCUT2D eigenvalue weighted by Gasteiger charge is -2.14. The maximum absolute atomic E-state index is 12.8. The first kappa shape index (κ1) is 14.5. The van der Waals surface area contributed by atoms with Crippen LogP contribution in [0.2, 0.25) is 0 Å². The summed E-state index contributed by atoms with van der Waals surface area (Å²) in [5.41, 5.74) is -1.23. The van der Waals surface area contributed by atoms with Crippen molar-refractivity contribution in [3.05, 3.63) is 33.3 Å². The van der Waals surface area contributed by atoms with E-state index in [4.69, 9.17) is 5.26 Å². The predicted octanol–water partition coefficient (Wildman–Crippen LogP) is 3.06. The van der Waals surface area contributed by atoms with Crippen LogP contribution in [0.25, 0.3) is 0 Å². The topological polar surface area (TPSA) is 50.1 Å². The fourth-order valence-corrected chi connectivity index (χ4v) is 1.94. The van der Waals surface area contributed by atoms with Gasteiger partial charge in [-0.1, -0.05) is 0 Å². The van der Waals surface area contributed by atoms with Gasteiger partial charge in [0.15, 0.2) is 0 Å². The van der Waals surface area contributed by atoms with Gasteiger partial charge in [-0.2, -0.15) is 18.4 Å². The van der Waals surface area contributed by atoms with Crippen LogP contribution in [0, 0.1) is 11.3 Å². The first-order chi connectivity index (χ1) is 8.31. The molecule has 0 amide bonds. The van der Waals surface area contributed by atoms with Crippen molar-refractivity contribution in [2.24, 2.45) is 0 Å². The van der Waals surface area contributed by atoms with Gasteiger partial charge >= 0.3 is 12.1 Å². The number of halogens is 4. The second kappa shape index (κ2) is 5.40. The molecule has 0 spiro atoms. The van der Waals surface area contributed by atoms with Gasteiger partial charge in [0.1, 0.15) is 6.07 Å². The Labute approximate surface area is 109 Å². The van der Waals surface area contributed by atoms with E-state index < -0.39 is 24.1 Å². The molecular weight excluding hydrogens is 315 g/mol. The van der Waals surface area contributed by atoms with Crippen LogP contribution in [-0.2, 0) is 22.1 Å². The van der Waals surface area contributed by atoms with Crippen LogP contribution in [0.3, 0.4) is 0 Å². The zero-order valence-electron chi connectivity index (χ0n) is 9.14. The zero-order chi connectivity index (χ0) is 13.9. The Kier molecular flexibility index (Phi) is 4.35. The molecule has 0 bridgehead atoms. The highest BCUT2D eigenvalue weighted by Gasteiger charge is 2.35. The summed E-state index contributed by atoms with van der Waals surface area (Å²) in [5.74, 6) is -0.809. The van der Waals surface area contributed by atoms with Gasteiger partial charge in [-0.05, 0) is 33.6 Å². The number of alkyl halides is 3. The highest BCUT2D eigenvalue weighted by molar-refractivity contribution is 9.10. The van der Waals surface area contributed by atoms with E-state index >= 15 is 0 Å². The van der Waals surface area contributed by atoms with E-state index in [-0.39, 0.29) is 15.6 Å². The van der Waals surface area contributed by atoms with Crippen LogP contribution in [0.4, 0.5) is 13.2 Å². The first-order valence-electron chi connectivity index (χ1n) is 4.66. The summed E-state index contributed by atoms with van der Waals surface area (Å²) in [6.07, 6.45) is -5.15.